The Morgan fingerprint density at radius 3 is 1.44 bits per heavy atom. The lowest BCUT2D eigenvalue weighted by Gasteiger charge is -2.31. The lowest BCUT2D eigenvalue weighted by molar-refractivity contribution is 0.0814. The van der Waals surface area contributed by atoms with Crippen LogP contribution in [0.15, 0.2) is 36.4 Å². The molecule has 0 radical (unpaired) electrons. The van der Waals surface area contributed by atoms with E-state index in [1.54, 1.807) is 14.2 Å². The fourth-order valence-electron chi connectivity index (χ4n) is 4.63. The molecule has 2 heteroatoms. The van der Waals surface area contributed by atoms with E-state index in [9.17, 15) is 0 Å². The van der Waals surface area contributed by atoms with Crippen LogP contribution in [-0.2, 0) is 27.7 Å². The molecule has 0 unspecified atom stereocenters. The van der Waals surface area contributed by atoms with Gasteiger partial charge in [0.1, 0.15) is 0 Å². The number of ether oxygens (including phenoxy) is 2. The molecule has 0 aliphatic heterocycles. The van der Waals surface area contributed by atoms with Gasteiger partial charge in [0.2, 0.25) is 0 Å². The number of fused-ring (bicyclic) bond motifs is 3. The van der Waals surface area contributed by atoms with Crippen molar-refractivity contribution in [2.24, 2.45) is 11.8 Å². The minimum absolute atomic E-state index is 0.228. The van der Waals surface area contributed by atoms with Gasteiger partial charge in [-0.3, -0.25) is 0 Å². The molecule has 3 rings (SSSR count). The van der Waals surface area contributed by atoms with E-state index in [2.05, 4.69) is 64.1 Å². The van der Waals surface area contributed by atoms with Crippen LogP contribution in [0.2, 0.25) is 0 Å². The fraction of sp³-hybridized carbons (Fsp3) is 0.520. The second kappa shape index (κ2) is 8.16. The molecule has 0 heterocycles. The van der Waals surface area contributed by atoms with Gasteiger partial charge in [-0.1, -0.05) is 64.1 Å². The van der Waals surface area contributed by atoms with E-state index in [0.29, 0.717) is 25.0 Å². The second-order valence-electron chi connectivity index (χ2n) is 8.90. The van der Waals surface area contributed by atoms with Crippen molar-refractivity contribution in [3.8, 4) is 11.1 Å². The maximum absolute atomic E-state index is 5.76. The number of hydrogen-bond acceptors (Lipinski definition) is 2. The minimum atomic E-state index is -0.228. The normalized spacial score (nSPS) is 14.7. The largest absolute Gasteiger partial charge is 0.383 e. The Morgan fingerprint density at radius 1 is 0.704 bits per heavy atom. The first-order valence-electron chi connectivity index (χ1n) is 10.2. The fourth-order valence-corrected chi connectivity index (χ4v) is 4.63. The zero-order valence-electron chi connectivity index (χ0n) is 17.8. The van der Waals surface area contributed by atoms with E-state index in [0.717, 1.165) is 12.8 Å². The lowest BCUT2D eigenvalue weighted by Crippen LogP contribution is -2.36. The quantitative estimate of drug-likeness (QED) is 0.601. The SMILES string of the molecule is COCC1(COC)c2cc(CC(C)C)ccc2-c2ccc(CC(C)C)cc21. The van der Waals surface area contributed by atoms with Crippen molar-refractivity contribution < 1.29 is 9.47 Å². The molecule has 0 atom stereocenters. The molecule has 1 aliphatic carbocycles. The maximum Gasteiger partial charge on any atom is 0.0681 e. The molecule has 0 saturated carbocycles. The molecule has 2 nitrogen and oxygen atoms in total. The summed E-state index contributed by atoms with van der Waals surface area (Å²) in [5, 5.41) is 0. The zero-order valence-corrected chi connectivity index (χ0v) is 17.8. The molecule has 0 aromatic heterocycles. The Hall–Kier alpha value is -1.64. The zero-order chi connectivity index (χ0) is 19.6. The van der Waals surface area contributed by atoms with Gasteiger partial charge in [0.05, 0.1) is 18.6 Å². The lowest BCUT2D eigenvalue weighted by atomic mass is 9.78. The van der Waals surface area contributed by atoms with E-state index in [1.165, 1.54) is 33.4 Å². The van der Waals surface area contributed by atoms with E-state index >= 15 is 0 Å². The van der Waals surface area contributed by atoms with Gasteiger partial charge in [0.15, 0.2) is 0 Å². The molecule has 146 valence electrons. The Bertz CT molecular complexity index is 721. The molecule has 0 spiro atoms. The van der Waals surface area contributed by atoms with Crippen LogP contribution >= 0.6 is 0 Å². The highest BCUT2D eigenvalue weighted by Crippen LogP contribution is 2.50. The van der Waals surface area contributed by atoms with Gasteiger partial charge in [-0.2, -0.15) is 0 Å². The van der Waals surface area contributed by atoms with Gasteiger partial charge in [-0.25, -0.2) is 0 Å². The molecular weight excluding hydrogens is 332 g/mol. The number of rotatable bonds is 8. The Labute approximate surface area is 164 Å². The molecule has 27 heavy (non-hydrogen) atoms. The van der Waals surface area contributed by atoms with Gasteiger partial charge in [0, 0.05) is 14.2 Å². The Morgan fingerprint density at radius 2 is 1.11 bits per heavy atom. The molecule has 0 fully saturated rings. The van der Waals surface area contributed by atoms with E-state index in [-0.39, 0.29) is 5.41 Å². The summed E-state index contributed by atoms with van der Waals surface area (Å²) >= 11 is 0. The van der Waals surface area contributed by atoms with Crippen molar-refractivity contribution in [2.45, 2.75) is 46.0 Å². The summed E-state index contributed by atoms with van der Waals surface area (Å²) in [6.07, 6.45) is 2.19. The summed E-state index contributed by atoms with van der Waals surface area (Å²) < 4.78 is 11.5. The predicted molar refractivity (Wildman–Crippen MR) is 113 cm³/mol. The first-order valence-corrected chi connectivity index (χ1v) is 10.2. The topological polar surface area (TPSA) is 18.5 Å². The average molecular weight is 367 g/mol. The van der Waals surface area contributed by atoms with Crippen LogP contribution in [-0.4, -0.2) is 27.4 Å². The van der Waals surface area contributed by atoms with Gasteiger partial charge >= 0.3 is 0 Å². The highest BCUT2D eigenvalue weighted by Gasteiger charge is 2.43. The van der Waals surface area contributed by atoms with Crippen LogP contribution in [0.25, 0.3) is 11.1 Å². The Kier molecular flexibility index (Phi) is 6.08. The molecule has 2 aromatic carbocycles. The summed E-state index contributed by atoms with van der Waals surface area (Å²) in [6.45, 7) is 10.4. The minimum Gasteiger partial charge on any atom is -0.383 e. The number of hydrogen-bond donors (Lipinski definition) is 0. The number of methoxy groups -OCH3 is 2. The smallest absolute Gasteiger partial charge is 0.0681 e. The second-order valence-corrected chi connectivity index (χ2v) is 8.90. The molecule has 0 bridgehead atoms. The standard InChI is InChI=1S/C25H34O2/c1-17(2)11-19-7-9-21-22-10-8-20(12-18(3)4)14-24(22)25(15-26-5,16-27-6)23(21)13-19/h7-10,13-14,17-18H,11-12,15-16H2,1-6H3. The summed E-state index contributed by atoms with van der Waals surface area (Å²) in [6, 6.07) is 14.0. The number of benzene rings is 2. The summed E-state index contributed by atoms with van der Waals surface area (Å²) in [7, 11) is 3.59. The third kappa shape index (κ3) is 3.83. The highest BCUT2D eigenvalue weighted by molar-refractivity contribution is 5.82. The molecule has 0 N–H and O–H groups in total. The monoisotopic (exact) mass is 366 g/mol. The van der Waals surface area contributed by atoms with Crippen LogP contribution in [0.1, 0.15) is 49.9 Å². The first-order chi connectivity index (χ1) is 12.9. The average Bonchev–Trinajstić information content (AvgIpc) is 2.84. The van der Waals surface area contributed by atoms with Crippen LogP contribution in [0.5, 0.6) is 0 Å². The molecule has 0 saturated heterocycles. The van der Waals surface area contributed by atoms with Gasteiger partial charge in [-0.05, 0) is 58.1 Å². The van der Waals surface area contributed by atoms with E-state index in [1.807, 2.05) is 0 Å². The molecule has 1 aliphatic rings. The van der Waals surface area contributed by atoms with Gasteiger partial charge in [-0.15, -0.1) is 0 Å². The predicted octanol–water partition coefficient (Wildman–Crippen LogP) is 5.64. The van der Waals surface area contributed by atoms with Crippen molar-refractivity contribution in [1.82, 2.24) is 0 Å². The molecular formula is C25H34O2. The van der Waals surface area contributed by atoms with Crippen LogP contribution in [0.3, 0.4) is 0 Å². The third-order valence-corrected chi connectivity index (χ3v) is 5.56. The van der Waals surface area contributed by atoms with Crippen molar-refractivity contribution in [1.29, 1.82) is 0 Å². The van der Waals surface area contributed by atoms with Gasteiger partial charge in [0.25, 0.3) is 0 Å². The Balaban J connectivity index is 2.18. The van der Waals surface area contributed by atoms with Crippen LogP contribution < -0.4 is 0 Å². The summed E-state index contributed by atoms with van der Waals surface area (Å²) in [5.74, 6) is 1.28. The maximum atomic E-state index is 5.76. The van der Waals surface area contributed by atoms with Crippen molar-refractivity contribution in [3.05, 3.63) is 58.7 Å². The van der Waals surface area contributed by atoms with Crippen LogP contribution in [0.4, 0.5) is 0 Å². The summed E-state index contributed by atoms with van der Waals surface area (Å²) in [5.41, 5.74) is 7.97. The third-order valence-electron chi connectivity index (χ3n) is 5.56. The first kappa shape index (κ1) is 20.1. The van der Waals surface area contributed by atoms with Crippen molar-refractivity contribution in [2.75, 3.05) is 27.4 Å². The molecule has 2 aromatic rings. The van der Waals surface area contributed by atoms with Crippen LogP contribution in [0, 0.1) is 11.8 Å². The van der Waals surface area contributed by atoms with E-state index < -0.39 is 0 Å². The van der Waals surface area contributed by atoms with Crippen molar-refractivity contribution >= 4 is 0 Å². The summed E-state index contributed by atoms with van der Waals surface area (Å²) in [4.78, 5) is 0. The van der Waals surface area contributed by atoms with Gasteiger partial charge < -0.3 is 9.47 Å². The molecule has 0 amide bonds. The van der Waals surface area contributed by atoms with Crippen molar-refractivity contribution in [3.63, 3.8) is 0 Å². The van der Waals surface area contributed by atoms with E-state index in [4.69, 9.17) is 9.47 Å². The highest BCUT2D eigenvalue weighted by atomic mass is 16.5.